The lowest BCUT2D eigenvalue weighted by Crippen LogP contribution is -2.48. The Balaban J connectivity index is 1.03. The summed E-state index contributed by atoms with van der Waals surface area (Å²) in [6, 6.07) is 40.3. The Morgan fingerprint density at radius 1 is 0.793 bits per heavy atom. The number of nitrogens with zero attached hydrogens (tertiary/aromatic N) is 1. The van der Waals surface area contributed by atoms with Crippen LogP contribution >= 0.6 is 0 Å². The molecule has 58 heavy (non-hydrogen) atoms. The van der Waals surface area contributed by atoms with E-state index in [1.54, 1.807) is 12.1 Å². The summed E-state index contributed by atoms with van der Waals surface area (Å²) in [5.74, 6) is 1.20. The van der Waals surface area contributed by atoms with Crippen molar-refractivity contribution in [1.29, 1.82) is 0 Å². The van der Waals surface area contributed by atoms with Crippen LogP contribution in [0, 0.1) is 5.92 Å². The predicted molar refractivity (Wildman–Crippen MR) is 224 cm³/mol. The molecule has 0 bridgehead atoms. The fourth-order valence-electron chi connectivity index (χ4n) is 7.55. The summed E-state index contributed by atoms with van der Waals surface area (Å²) < 4.78 is 25.3. The van der Waals surface area contributed by atoms with Crippen LogP contribution in [0.1, 0.15) is 75.2 Å². The van der Waals surface area contributed by atoms with Gasteiger partial charge >= 0.3 is 12.0 Å². The SMILES string of the molecule is CC1C(CN2CCCC2C(=O)OC(C)(C)C)OC(c2cccc(-c3cccc(CNC(=O)Nc4ccc(Oc5ccccc5)cc4)c3)c2)OC1c1ccc(CO)cc1. The second-order valence-corrected chi connectivity index (χ2v) is 16.1. The summed E-state index contributed by atoms with van der Waals surface area (Å²) in [5.41, 5.74) is 5.72. The Morgan fingerprint density at radius 3 is 2.22 bits per heavy atom. The highest BCUT2D eigenvalue weighted by Crippen LogP contribution is 2.43. The number of hydrogen-bond acceptors (Lipinski definition) is 8. The van der Waals surface area contributed by atoms with Crippen LogP contribution in [0.4, 0.5) is 10.5 Å². The van der Waals surface area contributed by atoms with Crippen LogP contribution in [0.3, 0.4) is 0 Å². The van der Waals surface area contributed by atoms with E-state index in [9.17, 15) is 14.7 Å². The van der Waals surface area contributed by atoms with Crippen LogP contribution < -0.4 is 15.4 Å². The van der Waals surface area contributed by atoms with E-state index in [1.807, 2.05) is 118 Å². The van der Waals surface area contributed by atoms with Gasteiger partial charge < -0.3 is 34.7 Å². The molecule has 2 saturated heterocycles. The van der Waals surface area contributed by atoms with Crippen molar-refractivity contribution >= 4 is 17.7 Å². The van der Waals surface area contributed by atoms with Crippen LogP contribution in [-0.2, 0) is 32.2 Å². The van der Waals surface area contributed by atoms with E-state index in [-0.39, 0.29) is 42.8 Å². The highest BCUT2D eigenvalue weighted by Gasteiger charge is 2.42. The number of likely N-dealkylation sites (tertiary alicyclic amines) is 1. The molecule has 3 N–H and O–H groups in total. The van der Waals surface area contributed by atoms with Gasteiger partial charge in [0.05, 0.1) is 18.8 Å². The molecule has 7 rings (SSSR count). The number of nitrogens with one attached hydrogen (secondary N) is 2. The standard InChI is InChI=1S/C48H53N3O7/c1-32-43(30-51-26-10-17-42(51)45(53)58-48(2,3)4)56-46(57-44(32)35-20-18-33(31-52)19-21-35)38-14-9-13-37(28-38)36-12-8-11-34(27-36)29-49-47(54)50-39-22-24-41(25-23-39)55-40-15-6-5-7-16-40/h5-9,11-16,18-25,27-28,32,42-44,46,52H,10,17,26,29-31H2,1-4H3,(H2,49,50,54). The van der Waals surface area contributed by atoms with Gasteiger partial charge in [-0.2, -0.15) is 0 Å². The van der Waals surface area contributed by atoms with Gasteiger partial charge in [0.15, 0.2) is 6.29 Å². The normalized spacial score (nSPS) is 20.9. The molecule has 5 atom stereocenters. The molecular formula is C48H53N3O7. The molecule has 2 amide bonds. The van der Waals surface area contributed by atoms with E-state index >= 15 is 0 Å². The number of benzene rings is 5. The molecule has 302 valence electrons. The minimum Gasteiger partial charge on any atom is -0.459 e. The van der Waals surface area contributed by atoms with Gasteiger partial charge in [-0.25, -0.2) is 4.79 Å². The highest BCUT2D eigenvalue weighted by atomic mass is 16.7. The first-order chi connectivity index (χ1) is 28.0. The van der Waals surface area contributed by atoms with Gasteiger partial charge in [0.2, 0.25) is 0 Å². The molecule has 0 aliphatic carbocycles. The zero-order chi connectivity index (χ0) is 40.6. The number of hydrogen-bond donors (Lipinski definition) is 3. The number of aliphatic hydroxyl groups is 1. The van der Waals surface area contributed by atoms with Crippen molar-refractivity contribution in [2.45, 2.75) is 83.8 Å². The maximum Gasteiger partial charge on any atom is 0.323 e. The number of amides is 2. The molecule has 10 heteroatoms. The van der Waals surface area contributed by atoms with Gasteiger partial charge in [-0.1, -0.05) is 85.8 Å². The molecule has 0 spiro atoms. The lowest BCUT2D eigenvalue weighted by molar-refractivity contribution is -0.276. The maximum atomic E-state index is 13.3. The zero-order valence-corrected chi connectivity index (χ0v) is 33.6. The summed E-state index contributed by atoms with van der Waals surface area (Å²) >= 11 is 0. The summed E-state index contributed by atoms with van der Waals surface area (Å²) in [6.07, 6.45) is 0.469. The monoisotopic (exact) mass is 783 g/mol. The van der Waals surface area contributed by atoms with Crippen molar-refractivity contribution in [3.05, 3.63) is 150 Å². The highest BCUT2D eigenvalue weighted by molar-refractivity contribution is 5.89. The number of rotatable bonds is 12. The van der Waals surface area contributed by atoms with Crippen LogP contribution in [0.2, 0.25) is 0 Å². The number of carbonyl (C=O) groups is 2. The third-order valence-corrected chi connectivity index (χ3v) is 10.5. The number of carbonyl (C=O) groups excluding carboxylic acids is 2. The molecule has 2 heterocycles. The molecule has 5 aromatic rings. The third kappa shape index (κ3) is 10.5. The number of aliphatic hydroxyl groups excluding tert-OH is 1. The van der Waals surface area contributed by atoms with Crippen LogP contribution in [-0.4, -0.2) is 52.8 Å². The minimum atomic E-state index is -0.668. The third-order valence-electron chi connectivity index (χ3n) is 10.5. The second-order valence-electron chi connectivity index (χ2n) is 16.1. The fourth-order valence-corrected chi connectivity index (χ4v) is 7.55. The van der Waals surface area contributed by atoms with E-state index in [0.717, 1.165) is 58.5 Å². The van der Waals surface area contributed by atoms with Crippen molar-refractivity contribution in [3.8, 4) is 22.6 Å². The first-order valence-electron chi connectivity index (χ1n) is 20.1. The molecule has 0 radical (unpaired) electrons. The Morgan fingerprint density at radius 2 is 1.50 bits per heavy atom. The lowest BCUT2D eigenvalue weighted by Gasteiger charge is -2.43. The predicted octanol–water partition coefficient (Wildman–Crippen LogP) is 9.56. The van der Waals surface area contributed by atoms with Crippen molar-refractivity contribution in [2.75, 3.05) is 18.4 Å². The van der Waals surface area contributed by atoms with E-state index in [4.69, 9.17) is 18.9 Å². The fraction of sp³-hybridized carbons (Fsp3) is 0.333. The maximum absolute atomic E-state index is 13.3. The van der Waals surface area contributed by atoms with Crippen LogP contribution in [0.25, 0.3) is 11.1 Å². The first kappa shape index (κ1) is 40.7. The Bertz CT molecular complexity index is 2140. The summed E-state index contributed by atoms with van der Waals surface area (Å²) in [7, 11) is 0. The van der Waals surface area contributed by atoms with Gasteiger partial charge in [0, 0.05) is 30.3 Å². The first-order valence-corrected chi connectivity index (χ1v) is 20.1. The molecule has 5 unspecified atom stereocenters. The van der Waals surface area contributed by atoms with Crippen molar-refractivity contribution < 1.29 is 33.6 Å². The second kappa shape index (κ2) is 18.4. The van der Waals surface area contributed by atoms with E-state index < -0.39 is 11.9 Å². The zero-order valence-electron chi connectivity index (χ0n) is 33.6. The average molecular weight is 784 g/mol. The van der Waals surface area contributed by atoms with Gasteiger partial charge in [-0.3, -0.25) is 9.69 Å². The van der Waals surface area contributed by atoms with E-state index in [2.05, 4.69) is 40.7 Å². The topological polar surface area (TPSA) is 119 Å². The molecule has 0 saturated carbocycles. The van der Waals surface area contributed by atoms with Gasteiger partial charge in [0.1, 0.15) is 23.1 Å². The molecular weight excluding hydrogens is 731 g/mol. The Labute approximate surface area is 341 Å². The summed E-state index contributed by atoms with van der Waals surface area (Å²) in [6.45, 7) is 9.49. The number of ether oxygens (including phenoxy) is 4. The smallest absolute Gasteiger partial charge is 0.323 e. The summed E-state index contributed by atoms with van der Waals surface area (Å²) in [4.78, 5) is 28.3. The molecule has 2 aliphatic heterocycles. The largest absolute Gasteiger partial charge is 0.459 e. The van der Waals surface area contributed by atoms with Crippen molar-refractivity contribution in [2.24, 2.45) is 5.92 Å². The van der Waals surface area contributed by atoms with Crippen molar-refractivity contribution in [3.63, 3.8) is 0 Å². The van der Waals surface area contributed by atoms with Crippen LogP contribution in [0.5, 0.6) is 11.5 Å². The van der Waals surface area contributed by atoms with Gasteiger partial charge in [-0.05, 0) is 117 Å². The number of esters is 1. The van der Waals surface area contributed by atoms with Crippen molar-refractivity contribution in [1.82, 2.24) is 10.2 Å². The Hall–Kier alpha value is -5.52. The number of anilines is 1. The number of para-hydroxylation sites is 1. The van der Waals surface area contributed by atoms with Gasteiger partial charge in [-0.15, -0.1) is 0 Å². The molecule has 0 aromatic heterocycles. The average Bonchev–Trinajstić information content (AvgIpc) is 3.70. The van der Waals surface area contributed by atoms with Gasteiger partial charge in [0.25, 0.3) is 0 Å². The Kier molecular flexibility index (Phi) is 12.9. The van der Waals surface area contributed by atoms with Crippen LogP contribution in [0.15, 0.2) is 127 Å². The summed E-state index contributed by atoms with van der Waals surface area (Å²) in [5, 5.41) is 15.5. The van der Waals surface area contributed by atoms with E-state index in [0.29, 0.717) is 24.5 Å². The molecule has 10 nitrogen and oxygen atoms in total. The minimum absolute atomic E-state index is 0.0333. The quantitative estimate of drug-likeness (QED) is 0.107. The number of urea groups is 1. The molecule has 5 aromatic carbocycles. The lowest BCUT2D eigenvalue weighted by atomic mass is 9.89. The molecule has 2 aliphatic rings. The van der Waals surface area contributed by atoms with E-state index in [1.165, 1.54) is 0 Å². The molecule has 2 fully saturated rings.